The molecule has 0 aliphatic heterocycles. The Balaban J connectivity index is 1.76. The second-order valence-electron chi connectivity index (χ2n) is 7.91. The number of amidine groups is 2. The molecule has 0 atom stereocenters. The molecule has 4 aromatic carbocycles. The Morgan fingerprint density at radius 2 is 1.17 bits per heavy atom. The van der Waals surface area contributed by atoms with Crippen molar-refractivity contribution in [1.29, 1.82) is 5.41 Å². The Labute approximate surface area is 205 Å². The zero-order valence-electron chi connectivity index (χ0n) is 19.3. The number of nitrogens with one attached hydrogen (secondary N) is 1. The van der Waals surface area contributed by atoms with Crippen LogP contribution in [0.4, 0.5) is 0 Å². The molecule has 0 fully saturated rings. The van der Waals surface area contributed by atoms with Crippen LogP contribution < -0.4 is 11.5 Å². The number of nitrogens with two attached hydrogens (primary N) is 2. The average Bonchev–Trinajstić information content (AvgIpc) is 2.92. The number of aliphatic imine (C=N–C) groups is 2. The molecule has 0 aliphatic rings. The molecule has 4 aromatic rings. The largest absolute Gasteiger partial charge is 0.398 e. The third kappa shape index (κ3) is 6.18. The summed E-state index contributed by atoms with van der Waals surface area (Å²) in [6.07, 6.45) is 1.87. The van der Waals surface area contributed by atoms with Crippen LogP contribution in [0.25, 0.3) is 5.70 Å². The fraction of sp³-hybridized carbons (Fsp3) is 0.0333. The number of benzene rings is 4. The monoisotopic (exact) mass is 457 g/mol. The lowest BCUT2D eigenvalue weighted by Crippen LogP contribution is -2.20. The molecule has 0 aromatic heterocycles. The first-order valence-corrected chi connectivity index (χ1v) is 11.3. The third-order valence-electron chi connectivity index (χ3n) is 5.43. The van der Waals surface area contributed by atoms with E-state index in [2.05, 4.69) is 4.99 Å². The molecule has 0 unspecified atom stereocenters. The van der Waals surface area contributed by atoms with Crippen LogP contribution >= 0.6 is 0 Å². The zero-order chi connectivity index (χ0) is 24.5. The third-order valence-corrected chi connectivity index (χ3v) is 5.43. The van der Waals surface area contributed by atoms with E-state index in [9.17, 15) is 0 Å². The lowest BCUT2D eigenvalue weighted by Gasteiger charge is -2.12. The number of rotatable bonds is 7. The molecular weight excluding hydrogens is 430 g/mol. The van der Waals surface area contributed by atoms with Crippen LogP contribution in [0, 0.1) is 5.41 Å². The molecule has 0 bridgehead atoms. The van der Waals surface area contributed by atoms with E-state index in [1.54, 1.807) is 0 Å². The second-order valence-corrected chi connectivity index (χ2v) is 7.91. The van der Waals surface area contributed by atoms with Crippen molar-refractivity contribution >= 4 is 23.1 Å². The first kappa shape index (κ1) is 23.4. The van der Waals surface area contributed by atoms with Crippen LogP contribution in [0.2, 0.25) is 0 Å². The number of nitrogens with zero attached hydrogens (tertiary/aromatic N) is 2. The van der Waals surface area contributed by atoms with Gasteiger partial charge in [-0.1, -0.05) is 115 Å². The normalized spacial score (nSPS) is 12.4. The van der Waals surface area contributed by atoms with Gasteiger partial charge in [0.2, 0.25) is 0 Å². The molecule has 0 aliphatic carbocycles. The van der Waals surface area contributed by atoms with Gasteiger partial charge in [-0.2, -0.15) is 0 Å². The molecule has 172 valence electrons. The van der Waals surface area contributed by atoms with Gasteiger partial charge < -0.3 is 11.5 Å². The van der Waals surface area contributed by atoms with Crippen LogP contribution in [0.1, 0.15) is 27.8 Å². The van der Waals surface area contributed by atoms with Crippen molar-refractivity contribution < 1.29 is 0 Å². The summed E-state index contributed by atoms with van der Waals surface area (Å²) in [7, 11) is 0. The molecule has 5 nitrogen and oxygen atoms in total. The Bertz CT molecular complexity index is 1370. The molecule has 0 saturated heterocycles. The molecule has 0 radical (unpaired) electrons. The molecular formula is C30H27N5. The summed E-state index contributed by atoms with van der Waals surface area (Å²) in [4.78, 5) is 9.29. The minimum atomic E-state index is 0.0972. The van der Waals surface area contributed by atoms with Crippen molar-refractivity contribution in [2.75, 3.05) is 0 Å². The van der Waals surface area contributed by atoms with Gasteiger partial charge in [0.1, 0.15) is 5.84 Å². The SMILES string of the molecule is N=C(/N=C(\N)c1ccccc1C(/C=C(\N)c1ccccc1)=N/Cc1ccccc1)c1ccccc1. The van der Waals surface area contributed by atoms with Crippen molar-refractivity contribution in [2.24, 2.45) is 21.5 Å². The van der Waals surface area contributed by atoms with E-state index in [-0.39, 0.29) is 11.7 Å². The fourth-order valence-corrected chi connectivity index (χ4v) is 3.60. The first-order chi connectivity index (χ1) is 17.1. The highest BCUT2D eigenvalue weighted by Crippen LogP contribution is 2.17. The highest BCUT2D eigenvalue weighted by Gasteiger charge is 2.13. The predicted octanol–water partition coefficient (Wildman–Crippen LogP) is 5.41. The van der Waals surface area contributed by atoms with E-state index >= 15 is 0 Å². The van der Waals surface area contributed by atoms with Crippen LogP contribution in [0.5, 0.6) is 0 Å². The first-order valence-electron chi connectivity index (χ1n) is 11.3. The summed E-state index contributed by atoms with van der Waals surface area (Å²) in [6, 6.07) is 36.8. The average molecular weight is 458 g/mol. The number of allylic oxidation sites excluding steroid dienone is 1. The van der Waals surface area contributed by atoms with Gasteiger partial charge in [0.15, 0.2) is 5.84 Å². The fourth-order valence-electron chi connectivity index (χ4n) is 3.60. The zero-order valence-corrected chi connectivity index (χ0v) is 19.3. The van der Waals surface area contributed by atoms with Gasteiger partial charge in [0, 0.05) is 22.4 Å². The van der Waals surface area contributed by atoms with Crippen LogP contribution in [-0.4, -0.2) is 17.4 Å². The maximum atomic E-state index is 8.38. The standard InChI is InChI=1S/C30H27N5/c31-27(23-14-6-2-7-15-23)20-28(34-21-22-12-4-1-5-13-22)25-18-10-11-19-26(25)30(33)35-29(32)24-16-8-3-9-17-24/h1-20H,21,31H2,(H3,32,33,35)/b27-20-,34-28+. The minimum Gasteiger partial charge on any atom is -0.398 e. The summed E-state index contributed by atoms with van der Waals surface area (Å²) in [5, 5.41) is 8.38. The van der Waals surface area contributed by atoms with Gasteiger partial charge in [0.05, 0.1) is 12.3 Å². The molecule has 35 heavy (non-hydrogen) atoms. The van der Waals surface area contributed by atoms with Crippen LogP contribution in [-0.2, 0) is 6.54 Å². The van der Waals surface area contributed by atoms with Crippen molar-refractivity contribution in [3.63, 3.8) is 0 Å². The second kappa shape index (κ2) is 11.4. The van der Waals surface area contributed by atoms with Gasteiger partial charge in [0.25, 0.3) is 0 Å². The van der Waals surface area contributed by atoms with E-state index in [1.807, 2.05) is 121 Å². The number of hydrogen-bond acceptors (Lipinski definition) is 3. The maximum absolute atomic E-state index is 8.38. The van der Waals surface area contributed by atoms with Crippen molar-refractivity contribution in [3.8, 4) is 0 Å². The lowest BCUT2D eigenvalue weighted by molar-refractivity contribution is 1.07. The molecule has 4 rings (SSSR count). The highest BCUT2D eigenvalue weighted by molar-refractivity contribution is 6.19. The Kier molecular flexibility index (Phi) is 7.61. The smallest absolute Gasteiger partial charge is 0.154 e. The Morgan fingerprint density at radius 3 is 1.80 bits per heavy atom. The van der Waals surface area contributed by atoms with Gasteiger partial charge in [-0.3, -0.25) is 10.4 Å². The highest BCUT2D eigenvalue weighted by atomic mass is 14.9. The summed E-state index contributed by atoms with van der Waals surface area (Å²) in [5.74, 6) is 0.341. The Morgan fingerprint density at radius 1 is 0.657 bits per heavy atom. The number of hydrogen-bond donors (Lipinski definition) is 3. The summed E-state index contributed by atoms with van der Waals surface area (Å²) < 4.78 is 0. The van der Waals surface area contributed by atoms with Crippen molar-refractivity contribution in [2.45, 2.75) is 6.54 Å². The molecule has 0 amide bonds. The summed E-state index contributed by atoms with van der Waals surface area (Å²) >= 11 is 0. The molecule has 5 N–H and O–H groups in total. The quantitative estimate of drug-likeness (QED) is 0.255. The maximum Gasteiger partial charge on any atom is 0.154 e. The van der Waals surface area contributed by atoms with E-state index < -0.39 is 0 Å². The van der Waals surface area contributed by atoms with E-state index in [4.69, 9.17) is 21.9 Å². The Hall–Kier alpha value is -4.77. The van der Waals surface area contributed by atoms with Gasteiger partial charge in [-0.25, -0.2) is 4.99 Å². The van der Waals surface area contributed by atoms with Crippen LogP contribution in [0.15, 0.2) is 131 Å². The molecule has 0 saturated carbocycles. The molecule has 0 spiro atoms. The summed E-state index contributed by atoms with van der Waals surface area (Å²) in [6.45, 7) is 0.486. The van der Waals surface area contributed by atoms with Gasteiger partial charge in [-0.05, 0) is 17.2 Å². The molecule has 0 heterocycles. The van der Waals surface area contributed by atoms with Gasteiger partial charge in [-0.15, -0.1) is 0 Å². The molecule has 5 heteroatoms. The summed E-state index contributed by atoms with van der Waals surface area (Å²) in [5.41, 5.74) is 18.4. The van der Waals surface area contributed by atoms with E-state index in [0.717, 1.165) is 16.7 Å². The predicted molar refractivity (Wildman–Crippen MR) is 146 cm³/mol. The minimum absolute atomic E-state index is 0.0972. The van der Waals surface area contributed by atoms with Crippen molar-refractivity contribution in [3.05, 3.63) is 149 Å². The van der Waals surface area contributed by atoms with E-state index in [0.29, 0.717) is 29.1 Å². The van der Waals surface area contributed by atoms with E-state index in [1.165, 1.54) is 0 Å². The lowest BCUT2D eigenvalue weighted by atomic mass is 9.99. The van der Waals surface area contributed by atoms with Gasteiger partial charge >= 0.3 is 0 Å². The van der Waals surface area contributed by atoms with Crippen LogP contribution in [0.3, 0.4) is 0 Å². The van der Waals surface area contributed by atoms with Crippen molar-refractivity contribution in [1.82, 2.24) is 0 Å². The topological polar surface area (TPSA) is 101 Å².